The van der Waals surface area contributed by atoms with Crippen molar-refractivity contribution in [3.63, 3.8) is 0 Å². The zero-order valence-electron chi connectivity index (χ0n) is 20.6. The van der Waals surface area contributed by atoms with Gasteiger partial charge in [-0.25, -0.2) is 23.1 Å². The van der Waals surface area contributed by atoms with E-state index in [9.17, 15) is 13.2 Å². The van der Waals surface area contributed by atoms with Crippen molar-refractivity contribution in [1.29, 1.82) is 0 Å². The maximum absolute atomic E-state index is 13.2. The molecule has 4 aromatic carbocycles. The van der Waals surface area contributed by atoms with Gasteiger partial charge < -0.3 is 4.74 Å². The van der Waals surface area contributed by atoms with Crippen LogP contribution >= 0.6 is 7.05 Å². The number of anilines is 1. The Kier molecular flexibility index (Phi) is 8.53. The Morgan fingerprint density at radius 3 is 1.63 bits per heavy atom. The van der Waals surface area contributed by atoms with Gasteiger partial charge in [-0.15, -0.1) is 5.10 Å². The first kappa shape index (κ1) is 27.0. The first-order chi connectivity index (χ1) is 18.3. The van der Waals surface area contributed by atoms with Gasteiger partial charge in [-0.1, -0.05) is 91.0 Å². The summed E-state index contributed by atoms with van der Waals surface area (Å²) < 4.78 is 33.6. The van der Waals surface area contributed by atoms with Crippen LogP contribution in [-0.4, -0.2) is 26.8 Å². The number of amidine groups is 1. The minimum absolute atomic E-state index is 0.0375. The quantitative estimate of drug-likeness (QED) is 0.120. The van der Waals surface area contributed by atoms with E-state index in [0.717, 1.165) is 15.9 Å². The summed E-state index contributed by atoms with van der Waals surface area (Å²) in [7, 11) is -6.62. The summed E-state index contributed by atoms with van der Waals surface area (Å²) >= 11 is 0. The van der Waals surface area contributed by atoms with Crippen LogP contribution in [0.4, 0.5) is 5.69 Å². The van der Waals surface area contributed by atoms with Crippen molar-refractivity contribution in [2.45, 2.75) is 11.8 Å². The van der Waals surface area contributed by atoms with E-state index in [1.54, 1.807) is 6.92 Å². The number of ether oxygens (including phenoxy) is 1. The number of nitrogens with zero attached hydrogens (tertiary/aromatic N) is 2. The van der Waals surface area contributed by atoms with Gasteiger partial charge in [0.15, 0.2) is 0 Å². The second-order valence-electron chi connectivity index (χ2n) is 8.08. The Morgan fingerprint density at radius 2 is 1.24 bits per heavy atom. The van der Waals surface area contributed by atoms with E-state index in [2.05, 4.69) is 10.5 Å². The van der Waals surface area contributed by atoms with Crippen LogP contribution in [0.1, 0.15) is 6.92 Å². The Morgan fingerprint density at radius 1 is 0.789 bits per heavy atom. The molecule has 0 spiro atoms. The van der Waals surface area contributed by atoms with Crippen molar-refractivity contribution >= 4 is 50.5 Å². The van der Waals surface area contributed by atoms with Crippen LogP contribution in [-0.2, 0) is 19.6 Å². The van der Waals surface area contributed by atoms with Crippen LogP contribution in [0.25, 0.3) is 0 Å². The molecule has 0 heterocycles. The molecule has 0 amide bonds. The van der Waals surface area contributed by atoms with Crippen LogP contribution in [0.2, 0.25) is 0 Å². The first-order valence-corrected chi connectivity index (χ1v) is 15.1. The van der Waals surface area contributed by atoms with Crippen LogP contribution < -0.4 is 26.5 Å². The Bertz CT molecular complexity index is 1470. The second kappa shape index (κ2) is 12.0. The third-order valence-corrected chi connectivity index (χ3v) is 10.1. The number of hydrogen-bond acceptors (Lipinski definition) is 6. The number of benzene rings is 4. The molecule has 10 heteroatoms. The van der Waals surface area contributed by atoms with Crippen molar-refractivity contribution in [1.82, 2.24) is 0 Å². The molecule has 3 N–H and O–H groups in total. The van der Waals surface area contributed by atoms with Crippen LogP contribution in [0.5, 0.6) is 0 Å². The molecule has 0 fully saturated rings. The smallest absolute Gasteiger partial charge is 0.378 e. The van der Waals surface area contributed by atoms with Gasteiger partial charge in [0.25, 0.3) is 5.84 Å². The third-order valence-electron chi connectivity index (χ3n) is 5.57. The molecular weight excluding hydrogens is 519 g/mol. The standard InChI is InChI=1S/C28H27N4O4PS/c1-2-36-28(33)27(31-30-22-18-20-26(21-19-22)38(29,34)35)32-37(23-12-6-3-7-13-23,24-14-8-4-9-15-24)25-16-10-5-11-17-25/h3-21,30H,2H2,1H3,(H2,29,34,35). The zero-order chi connectivity index (χ0) is 27.0. The molecule has 0 atom stereocenters. The van der Waals surface area contributed by atoms with Crippen LogP contribution in [0.15, 0.2) is 130 Å². The number of primary sulfonamides is 1. The van der Waals surface area contributed by atoms with Gasteiger partial charge in [0.05, 0.1) is 24.2 Å². The Labute approximate surface area is 222 Å². The van der Waals surface area contributed by atoms with E-state index in [0.29, 0.717) is 5.69 Å². The summed E-state index contributed by atoms with van der Waals surface area (Å²) in [6.45, 7) is 1.85. The van der Waals surface area contributed by atoms with Gasteiger partial charge in [-0.2, -0.15) is 0 Å². The fraction of sp³-hybridized carbons (Fsp3) is 0.0714. The lowest BCUT2D eigenvalue weighted by Gasteiger charge is -2.26. The monoisotopic (exact) mass is 546 g/mol. The average molecular weight is 547 g/mol. The highest BCUT2D eigenvalue weighted by Gasteiger charge is 2.30. The summed E-state index contributed by atoms with van der Waals surface area (Å²) in [5.74, 6) is -0.833. The number of sulfonamides is 1. The maximum Gasteiger partial charge on any atom is 0.378 e. The topological polar surface area (TPSA) is 123 Å². The lowest BCUT2D eigenvalue weighted by molar-refractivity contribution is -0.135. The van der Waals surface area contributed by atoms with Crippen molar-refractivity contribution in [3.05, 3.63) is 115 Å². The number of carbonyl (C=O) groups is 1. The molecule has 0 aliphatic heterocycles. The van der Waals surface area contributed by atoms with Gasteiger partial charge in [0, 0.05) is 15.9 Å². The summed E-state index contributed by atoms with van der Waals surface area (Å²) in [5.41, 5.74) is 3.26. The summed E-state index contributed by atoms with van der Waals surface area (Å²) in [6.07, 6.45) is 0. The largest absolute Gasteiger partial charge is 0.460 e. The predicted molar refractivity (Wildman–Crippen MR) is 153 cm³/mol. The molecule has 0 aromatic heterocycles. The van der Waals surface area contributed by atoms with E-state index in [1.807, 2.05) is 91.0 Å². The number of hydrogen-bond donors (Lipinski definition) is 2. The highest BCUT2D eigenvalue weighted by atomic mass is 32.2. The summed E-state index contributed by atoms with van der Waals surface area (Å²) in [6, 6.07) is 35.1. The van der Waals surface area contributed by atoms with Crippen LogP contribution in [0, 0.1) is 0 Å². The number of esters is 1. The van der Waals surface area contributed by atoms with E-state index in [1.165, 1.54) is 24.3 Å². The van der Waals surface area contributed by atoms with Gasteiger partial charge in [-0.3, -0.25) is 5.43 Å². The summed E-state index contributed by atoms with van der Waals surface area (Å²) in [4.78, 5) is 13.1. The zero-order valence-corrected chi connectivity index (χ0v) is 22.3. The molecule has 0 aliphatic rings. The lowest BCUT2D eigenvalue weighted by Crippen LogP contribution is -2.28. The second-order valence-corrected chi connectivity index (χ2v) is 12.7. The molecule has 4 rings (SSSR count). The number of rotatable bonds is 7. The molecule has 0 saturated heterocycles. The van der Waals surface area contributed by atoms with Gasteiger partial charge >= 0.3 is 5.97 Å². The maximum atomic E-state index is 13.2. The average Bonchev–Trinajstić information content (AvgIpc) is 2.95. The highest BCUT2D eigenvalue weighted by molar-refractivity contribution is 7.89. The van der Waals surface area contributed by atoms with Crippen molar-refractivity contribution < 1.29 is 17.9 Å². The Hall–Kier alpha value is -4.04. The van der Waals surface area contributed by atoms with Gasteiger partial charge in [-0.05, 0) is 31.2 Å². The third kappa shape index (κ3) is 6.08. The molecule has 0 aliphatic carbocycles. The van der Waals surface area contributed by atoms with Gasteiger partial charge in [0.1, 0.15) is 0 Å². The van der Waals surface area contributed by atoms with E-state index < -0.39 is 23.0 Å². The number of nitrogens with one attached hydrogen (secondary N) is 1. The van der Waals surface area contributed by atoms with Crippen molar-refractivity contribution in [2.24, 2.45) is 15.0 Å². The molecule has 0 bridgehead atoms. The number of nitrogens with two attached hydrogens (primary N) is 1. The normalized spacial score (nSPS) is 12.0. The predicted octanol–water partition coefficient (Wildman–Crippen LogP) is 3.80. The molecule has 38 heavy (non-hydrogen) atoms. The van der Waals surface area contributed by atoms with E-state index >= 15 is 0 Å². The van der Waals surface area contributed by atoms with Gasteiger partial charge in [0.2, 0.25) is 10.0 Å². The first-order valence-electron chi connectivity index (χ1n) is 11.8. The summed E-state index contributed by atoms with van der Waals surface area (Å²) in [5, 5.41) is 12.3. The molecule has 8 nitrogen and oxygen atoms in total. The minimum Gasteiger partial charge on any atom is -0.460 e. The molecule has 194 valence electrons. The van der Waals surface area contributed by atoms with Crippen LogP contribution in [0.3, 0.4) is 0 Å². The molecule has 0 radical (unpaired) electrons. The molecule has 4 aromatic rings. The number of hydrazone groups is 1. The Balaban J connectivity index is 1.95. The van der Waals surface area contributed by atoms with Crippen molar-refractivity contribution in [2.75, 3.05) is 12.0 Å². The minimum atomic E-state index is -3.84. The molecular formula is C28H27N4O4PS. The van der Waals surface area contributed by atoms with E-state index in [4.69, 9.17) is 14.6 Å². The number of carbonyl (C=O) groups excluding carboxylic acids is 1. The molecule has 0 saturated carbocycles. The fourth-order valence-electron chi connectivity index (χ4n) is 3.83. The van der Waals surface area contributed by atoms with E-state index in [-0.39, 0.29) is 17.3 Å². The van der Waals surface area contributed by atoms with Crippen molar-refractivity contribution in [3.8, 4) is 0 Å². The lowest BCUT2D eigenvalue weighted by atomic mass is 10.3. The highest BCUT2D eigenvalue weighted by Crippen LogP contribution is 2.46. The SMILES string of the molecule is CCOC(=O)C(=NNc1ccc(S(N)(=O)=O)cc1)N=P(c1ccccc1)(c1ccccc1)c1ccccc1. The molecule has 0 unspecified atom stereocenters. The fourth-order valence-corrected chi connectivity index (χ4v) is 7.81.